The summed E-state index contributed by atoms with van der Waals surface area (Å²) in [6.45, 7) is 12.9. The monoisotopic (exact) mass is 268 g/mol. The summed E-state index contributed by atoms with van der Waals surface area (Å²) in [5, 5.41) is 1.55. The summed E-state index contributed by atoms with van der Waals surface area (Å²) in [6, 6.07) is 0. The molecule has 0 aliphatic rings. The van der Waals surface area contributed by atoms with Crippen LogP contribution in [0.25, 0.3) is 0 Å². The van der Waals surface area contributed by atoms with E-state index < -0.39 is 0 Å². The highest BCUT2D eigenvalue weighted by Gasteiger charge is 2.16. The predicted octanol–water partition coefficient (Wildman–Crippen LogP) is 3.33. The van der Waals surface area contributed by atoms with Gasteiger partial charge in [0, 0.05) is 16.7 Å². The quantitative estimate of drug-likeness (QED) is 0.371. The molecule has 0 bridgehead atoms. The lowest BCUT2D eigenvalue weighted by Gasteiger charge is -2.18. The van der Waals surface area contributed by atoms with E-state index in [1.807, 2.05) is 6.92 Å². The lowest BCUT2D eigenvalue weighted by Crippen LogP contribution is -2.15. The normalized spacial score (nSPS) is 13.2. The Morgan fingerprint density at radius 2 is 1.72 bits per heavy atom. The molecule has 0 saturated heterocycles. The Hall–Kier alpha value is -0.810. The van der Waals surface area contributed by atoms with Crippen molar-refractivity contribution in [2.24, 2.45) is 11.8 Å². The van der Waals surface area contributed by atoms with Crippen molar-refractivity contribution in [2.45, 2.75) is 57.7 Å². The van der Waals surface area contributed by atoms with Crippen LogP contribution in [-0.2, 0) is 0 Å². The van der Waals surface area contributed by atoms with Crippen LogP contribution < -0.4 is 11.3 Å². The topological polar surface area (TPSA) is 63.8 Å². The number of anilines is 1. The molecule has 1 aromatic rings. The van der Waals surface area contributed by atoms with Crippen LogP contribution in [0.3, 0.4) is 0 Å². The highest BCUT2D eigenvalue weighted by molar-refractivity contribution is 7.99. The van der Waals surface area contributed by atoms with Gasteiger partial charge in [-0.2, -0.15) is 0 Å². The van der Waals surface area contributed by atoms with Gasteiger partial charge in [0.15, 0.2) is 0 Å². The van der Waals surface area contributed by atoms with Crippen LogP contribution in [0.1, 0.15) is 51.9 Å². The van der Waals surface area contributed by atoms with Gasteiger partial charge in [-0.15, -0.1) is 11.8 Å². The van der Waals surface area contributed by atoms with Crippen LogP contribution in [0.15, 0.2) is 5.03 Å². The number of hydrazine groups is 1. The zero-order valence-corrected chi connectivity index (χ0v) is 12.9. The first kappa shape index (κ1) is 15.2. The van der Waals surface area contributed by atoms with E-state index in [0.717, 1.165) is 22.2 Å². The van der Waals surface area contributed by atoms with E-state index in [-0.39, 0.29) is 0 Å². The molecule has 3 N–H and O–H groups in total. The first-order valence-corrected chi connectivity index (χ1v) is 7.26. The molecule has 0 aliphatic heterocycles. The summed E-state index contributed by atoms with van der Waals surface area (Å²) in [6.07, 6.45) is 0. The van der Waals surface area contributed by atoms with Crippen LogP contribution >= 0.6 is 11.8 Å². The summed E-state index contributed by atoms with van der Waals surface area (Å²) in [4.78, 5) is 9.10. The van der Waals surface area contributed by atoms with E-state index in [1.54, 1.807) is 11.8 Å². The van der Waals surface area contributed by atoms with Crippen molar-refractivity contribution in [1.29, 1.82) is 0 Å². The molecule has 0 spiro atoms. The second kappa shape index (κ2) is 6.38. The molecule has 0 saturated carbocycles. The maximum absolute atomic E-state index is 5.53. The van der Waals surface area contributed by atoms with Gasteiger partial charge in [0.25, 0.3) is 0 Å². The van der Waals surface area contributed by atoms with Crippen molar-refractivity contribution in [1.82, 2.24) is 9.97 Å². The largest absolute Gasteiger partial charge is 0.308 e. The second-order valence-corrected chi connectivity index (χ2v) is 6.59. The van der Waals surface area contributed by atoms with E-state index in [9.17, 15) is 0 Å². The smallest absolute Gasteiger partial charge is 0.147 e. The van der Waals surface area contributed by atoms with Gasteiger partial charge in [0.2, 0.25) is 0 Å². The van der Waals surface area contributed by atoms with Gasteiger partial charge in [0.05, 0.1) is 0 Å². The number of hydrogen-bond acceptors (Lipinski definition) is 5. The zero-order chi connectivity index (χ0) is 13.9. The molecule has 5 heteroatoms. The van der Waals surface area contributed by atoms with Gasteiger partial charge in [-0.1, -0.05) is 34.6 Å². The highest BCUT2D eigenvalue weighted by atomic mass is 32.2. The number of nitrogen functional groups attached to an aromatic ring is 1. The third-order valence-corrected chi connectivity index (χ3v) is 4.54. The van der Waals surface area contributed by atoms with Crippen molar-refractivity contribution in [2.75, 3.05) is 5.43 Å². The molecule has 1 unspecified atom stereocenters. The first-order chi connectivity index (χ1) is 8.36. The Balaban J connectivity index is 3.12. The van der Waals surface area contributed by atoms with Crippen LogP contribution in [0.2, 0.25) is 0 Å². The summed E-state index contributed by atoms with van der Waals surface area (Å²) in [5.74, 6) is 8.01. The van der Waals surface area contributed by atoms with Gasteiger partial charge in [-0.25, -0.2) is 15.8 Å². The molecule has 0 aliphatic carbocycles. The van der Waals surface area contributed by atoms with Gasteiger partial charge >= 0.3 is 0 Å². The molecule has 18 heavy (non-hydrogen) atoms. The molecule has 1 rings (SSSR count). The highest BCUT2D eigenvalue weighted by Crippen LogP contribution is 2.32. The number of nitrogens with zero attached hydrogens (tertiary/aromatic N) is 2. The van der Waals surface area contributed by atoms with Gasteiger partial charge in [-0.3, -0.25) is 0 Å². The Morgan fingerprint density at radius 3 is 2.17 bits per heavy atom. The summed E-state index contributed by atoms with van der Waals surface area (Å²) < 4.78 is 0. The Kier molecular flexibility index (Phi) is 5.41. The van der Waals surface area contributed by atoms with E-state index in [4.69, 9.17) is 5.84 Å². The molecule has 1 aromatic heterocycles. The van der Waals surface area contributed by atoms with Crippen molar-refractivity contribution in [3.63, 3.8) is 0 Å². The fourth-order valence-electron chi connectivity index (χ4n) is 1.34. The molecule has 0 aromatic carbocycles. The Morgan fingerprint density at radius 1 is 1.11 bits per heavy atom. The summed E-state index contributed by atoms with van der Waals surface area (Å²) in [7, 11) is 0. The molecular weight excluding hydrogens is 244 g/mol. The molecule has 102 valence electrons. The lowest BCUT2D eigenvalue weighted by molar-refractivity contribution is 0.640. The number of aromatic nitrogens is 2. The Bertz CT molecular complexity index is 404. The minimum Gasteiger partial charge on any atom is -0.308 e. The molecule has 0 radical (unpaired) electrons. The fourth-order valence-corrected chi connectivity index (χ4v) is 2.38. The van der Waals surface area contributed by atoms with Crippen LogP contribution in [0.5, 0.6) is 0 Å². The van der Waals surface area contributed by atoms with Gasteiger partial charge in [0.1, 0.15) is 16.7 Å². The molecule has 1 atom stereocenters. The lowest BCUT2D eigenvalue weighted by atomic mass is 10.2. The SMILES string of the molecule is Cc1c(NN)nc(C(C)C)nc1SC(C)C(C)C. The maximum atomic E-state index is 5.53. The number of thioether (sulfide) groups is 1. The van der Waals surface area contributed by atoms with E-state index >= 15 is 0 Å². The van der Waals surface area contributed by atoms with Gasteiger partial charge in [-0.05, 0) is 12.8 Å². The standard InChI is InChI=1S/C13H24N4S/c1-7(2)10(6)18-13-9(5)12(17-14)15-11(16-13)8(3)4/h7-8,10H,14H2,1-6H3,(H,15,16,17). The second-order valence-electron chi connectivity index (χ2n) is 5.23. The van der Waals surface area contributed by atoms with Crippen LogP contribution in [-0.4, -0.2) is 15.2 Å². The maximum Gasteiger partial charge on any atom is 0.147 e. The zero-order valence-electron chi connectivity index (χ0n) is 12.1. The van der Waals surface area contributed by atoms with Crippen molar-refractivity contribution in [3.8, 4) is 0 Å². The molecule has 1 heterocycles. The number of rotatable bonds is 5. The van der Waals surface area contributed by atoms with Gasteiger partial charge < -0.3 is 5.43 Å². The van der Waals surface area contributed by atoms with Crippen molar-refractivity contribution < 1.29 is 0 Å². The first-order valence-electron chi connectivity index (χ1n) is 6.38. The number of nitrogens with two attached hydrogens (primary N) is 1. The van der Waals surface area contributed by atoms with Crippen LogP contribution in [0.4, 0.5) is 5.82 Å². The summed E-state index contributed by atoms with van der Waals surface area (Å²) in [5.41, 5.74) is 3.70. The number of nitrogens with one attached hydrogen (secondary N) is 1. The Labute approximate surface area is 114 Å². The van der Waals surface area contributed by atoms with E-state index in [1.165, 1.54) is 0 Å². The molecule has 0 fully saturated rings. The molecule has 4 nitrogen and oxygen atoms in total. The fraction of sp³-hybridized carbons (Fsp3) is 0.692. The van der Waals surface area contributed by atoms with Crippen LogP contribution in [0, 0.1) is 12.8 Å². The molecular formula is C13H24N4S. The van der Waals surface area contributed by atoms with Crippen molar-refractivity contribution >= 4 is 17.6 Å². The molecule has 0 amide bonds. The number of hydrogen-bond donors (Lipinski definition) is 2. The third-order valence-electron chi connectivity index (χ3n) is 3.01. The minimum absolute atomic E-state index is 0.298. The van der Waals surface area contributed by atoms with E-state index in [0.29, 0.717) is 17.1 Å². The summed E-state index contributed by atoms with van der Waals surface area (Å²) >= 11 is 1.79. The average molecular weight is 268 g/mol. The average Bonchev–Trinajstić information content (AvgIpc) is 2.31. The predicted molar refractivity (Wildman–Crippen MR) is 78.8 cm³/mol. The van der Waals surface area contributed by atoms with Crippen molar-refractivity contribution in [3.05, 3.63) is 11.4 Å². The third kappa shape index (κ3) is 3.59. The van der Waals surface area contributed by atoms with E-state index in [2.05, 4.69) is 50.0 Å². The minimum atomic E-state index is 0.298.